The summed E-state index contributed by atoms with van der Waals surface area (Å²) in [5.41, 5.74) is 0.804. The smallest absolute Gasteiger partial charge is 0.219 e. The quantitative estimate of drug-likeness (QED) is 0.374. The molecule has 0 unspecified atom stereocenters. The number of amides is 1. The van der Waals surface area contributed by atoms with Crippen LogP contribution in [0.15, 0.2) is 6.20 Å². The molecular weight excluding hydrogens is 364 g/mol. The number of unbranched alkanes of at least 4 members (excludes halogenated alkanes) is 2. The largest absolute Gasteiger partial charge is 0.377 e. The van der Waals surface area contributed by atoms with Crippen molar-refractivity contribution >= 4 is 5.91 Å². The minimum absolute atomic E-state index is 0.0907. The fourth-order valence-electron chi connectivity index (χ4n) is 2.33. The maximum absolute atomic E-state index is 11.1. The standard InChI is InChI=1S/C19H36N4O5/c1-17(2)28-14-13-26-10-9-25-11-12-27-16-18-15-23(22-21-18)8-6-4-5-7-19(24)20-3/h15,17H,4-14,16H2,1-3H3,(H,20,24). The molecule has 9 nitrogen and oxygen atoms in total. The zero-order chi connectivity index (χ0) is 20.5. The van der Waals surface area contributed by atoms with Crippen molar-refractivity contribution in [2.45, 2.75) is 58.8 Å². The van der Waals surface area contributed by atoms with Crippen molar-refractivity contribution < 1.29 is 23.7 Å². The van der Waals surface area contributed by atoms with Gasteiger partial charge in [-0.25, -0.2) is 0 Å². The van der Waals surface area contributed by atoms with Crippen LogP contribution in [-0.2, 0) is 36.9 Å². The average Bonchev–Trinajstić information content (AvgIpc) is 3.13. The van der Waals surface area contributed by atoms with Gasteiger partial charge < -0.3 is 24.3 Å². The first kappa shape index (κ1) is 24.5. The molecule has 0 atom stereocenters. The summed E-state index contributed by atoms with van der Waals surface area (Å²) in [7, 11) is 1.66. The summed E-state index contributed by atoms with van der Waals surface area (Å²) in [5.74, 6) is 0.0907. The second-order valence-corrected chi connectivity index (χ2v) is 6.65. The summed E-state index contributed by atoms with van der Waals surface area (Å²) in [5, 5.41) is 10.8. The normalized spacial score (nSPS) is 11.3. The number of aromatic nitrogens is 3. The van der Waals surface area contributed by atoms with Crippen LogP contribution in [0.25, 0.3) is 0 Å². The number of aryl methyl sites for hydroxylation is 1. The van der Waals surface area contributed by atoms with Gasteiger partial charge in [-0.05, 0) is 26.7 Å². The molecule has 0 aromatic carbocycles. The number of carbonyl (C=O) groups excluding carboxylic acids is 1. The Kier molecular flexibility index (Phi) is 14.4. The average molecular weight is 401 g/mol. The maximum Gasteiger partial charge on any atom is 0.219 e. The summed E-state index contributed by atoms with van der Waals surface area (Å²) >= 11 is 0. The number of rotatable bonds is 18. The summed E-state index contributed by atoms with van der Waals surface area (Å²) in [4.78, 5) is 11.1. The van der Waals surface area contributed by atoms with Crippen molar-refractivity contribution in [1.82, 2.24) is 20.3 Å². The summed E-state index contributed by atoms with van der Waals surface area (Å²) in [6.45, 7) is 8.53. The summed E-state index contributed by atoms with van der Waals surface area (Å²) in [6.07, 6.45) is 5.56. The van der Waals surface area contributed by atoms with Crippen LogP contribution in [0.1, 0.15) is 45.2 Å². The van der Waals surface area contributed by atoms with Crippen LogP contribution in [0, 0.1) is 0 Å². The third-order valence-electron chi connectivity index (χ3n) is 3.83. The van der Waals surface area contributed by atoms with E-state index in [1.807, 2.05) is 24.7 Å². The third kappa shape index (κ3) is 13.6. The Hall–Kier alpha value is -1.55. The molecule has 1 N–H and O–H groups in total. The number of nitrogens with one attached hydrogen (secondary N) is 1. The van der Waals surface area contributed by atoms with E-state index < -0.39 is 0 Å². The third-order valence-corrected chi connectivity index (χ3v) is 3.83. The molecule has 0 aliphatic heterocycles. The maximum atomic E-state index is 11.1. The van der Waals surface area contributed by atoms with Crippen LogP contribution >= 0.6 is 0 Å². The van der Waals surface area contributed by atoms with Crippen LogP contribution in [-0.4, -0.2) is 73.7 Å². The highest BCUT2D eigenvalue weighted by molar-refractivity contribution is 5.75. The lowest BCUT2D eigenvalue weighted by atomic mass is 10.2. The zero-order valence-corrected chi connectivity index (χ0v) is 17.5. The first-order valence-electron chi connectivity index (χ1n) is 10.1. The number of hydrogen-bond acceptors (Lipinski definition) is 7. The molecule has 0 fully saturated rings. The second-order valence-electron chi connectivity index (χ2n) is 6.65. The molecule has 1 heterocycles. The van der Waals surface area contributed by atoms with Crippen LogP contribution in [0.2, 0.25) is 0 Å². The monoisotopic (exact) mass is 400 g/mol. The molecule has 1 aromatic rings. The van der Waals surface area contributed by atoms with Gasteiger partial charge in [-0.15, -0.1) is 5.10 Å². The van der Waals surface area contributed by atoms with E-state index in [1.165, 1.54) is 0 Å². The highest BCUT2D eigenvalue weighted by Crippen LogP contribution is 2.03. The van der Waals surface area contributed by atoms with Gasteiger partial charge in [0.2, 0.25) is 5.91 Å². The van der Waals surface area contributed by atoms with Crippen molar-refractivity contribution in [1.29, 1.82) is 0 Å². The molecule has 0 radical (unpaired) electrons. The Morgan fingerprint density at radius 3 is 2.39 bits per heavy atom. The molecular formula is C19H36N4O5. The predicted octanol–water partition coefficient (Wildman–Crippen LogP) is 1.56. The Labute approximate surface area is 168 Å². The van der Waals surface area contributed by atoms with E-state index in [1.54, 1.807) is 7.05 Å². The minimum Gasteiger partial charge on any atom is -0.377 e. The SMILES string of the molecule is CNC(=O)CCCCCn1cc(COCCOCCOCCOC(C)C)nn1. The van der Waals surface area contributed by atoms with Crippen molar-refractivity contribution in [2.24, 2.45) is 0 Å². The number of nitrogens with zero attached hydrogens (tertiary/aromatic N) is 3. The molecule has 1 amide bonds. The van der Waals surface area contributed by atoms with E-state index in [-0.39, 0.29) is 12.0 Å². The van der Waals surface area contributed by atoms with Crippen molar-refractivity contribution in [3.05, 3.63) is 11.9 Å². The van der Waals surface area contributed by atoms with Gasteiger partial charge >= 0.3 is 0 Å². The fourth-order valence-corrected chi connectivity index (χ4v) is 2.33. The molecule has 0 spiro atoms. The lowest BCUT2D eigenvalue weighted by molar-refractivity contribution is -0.120. The molecule has 0 saturated carbocycles. The second kappa shape index (κ2) is 16.4. The zero-order valence-electron chi connectivity index (χ0n) is 17.5. The summed E-state index contributed by atoms with van der Waals surface area (Å²) < 4.78 is 23.6. The van der Waals surface area contributed by atoms with Gasteiger partial charge in [0.05, 0.1) is 58.5 Å². The molecule has 1 aromatic heterocycles. The molecule has 0 aliphatic rings. The first-order chi connectivity index (χ1) is 13.6. The Balaban J connectivity index is 1.92. The lowest BCUT2D eigenvalue weighted by Gasteiger charge is -2.08. The Morgan fingerprint density at radius 1 is 1.04 bits per heavy atom. The molecule has 0 bridgehead atoms. The predicted molar refractivity (Wildman–Crippen MR) is 105 cm³/mol. The highest BCUT2D eigenvalue weighted by atomic mass is 16.6. The van der Waals surface area contributed by atoms with E-state index in [9.17, 15) is 4.79 Å². The van der Waals surface area contributed by atoms with Gasteiger partial charge in [0.15, 0.2) is 0 Å². The molecule has 1 rings (SSSR count). The molecule has 0 aliphatic carbocycles. The molecule has 9 heteroatoms. The van der Waals surface area contributed by atoms with Gasteiger partial charge in [0.1, 0.15) is 5.69 Å². The number of ether oxygens (including phenoxy) is 4. The lowest BCUT2D eigenvalue weighted by Crippen LogP contribution is -2.16. The minimum atomic E-state index is 0.0907. The van der Waals surface area contributed by atoms with Gasteiger partial charge in [0, 0.05) is 20.0 Å². The molecule has 0 saturated heterocycles. The van der Waals surface area contributed by atoms with Crippen molar-refractivity contribution in [2.75, 3.05) is 46.7 Å². The van der Waals surface area contributed by atoms with Crippen LogP contribution in [0.3, 0.4) is 0 Å². The van der Waals surface area contributed by atoms with Crippen LogP contribution in [0.4, 0.5) is 0 Å². The van der Waals surface area contributed by atoms with Gasteiger partial charge in [0.25, 0.3) is 0 Å². The van der Waals surface area contributed by atoms with Gasteiger partial charge in [-0.3, -0.25) is 9.48 Å². The van der Waals surface area contributed by atoms with E-state index >= 15 is 0 Å². The fraction of sp³-hybridized carbons (Fsp3) is 0.842. The van der Waals surface area contributed by atoms with Crippen LogP contribution in [0.5, 0.6) is 0 Å². The highest BCUT2D eigenvalue weighted by Gasteiger charge is 2.02. The van der Waals surface area contributed by atoms with Gasteiger partial charge in [-0.2, -0.15) is 0 Å². The Bertz CT molecular complexity index is 510. The van der Waals surface area contributed by atoms with E-state index in [0.29, 0.717) is 52.7 Å². The first-order valence-corrected chi connectivity index (χ1v) is 10.1. The van der Waals surface area contributed by atoms with E-state index in [2.05, 4.69) is 15.6 Å². The Morgan fingerprint density at radius 2 is 1.71 bits per heavy atom. The van der Waals surface area contributed by atoms with Gasteiger partial charge in [-0.1, -0.05) is 11.6 Å². The van der Waals surface area contributed by atoms with Crippen LogP contribution < -0.4 is 5.32 Å². The van der Waals surface area contributed by atoms with E-state index in [4.69, 9.17) is 18.9 Å². The molecule has 162 valence electrons. The van der Waals surface area contributed by atoms with Crippen molar-refractivity contribution in [3.63, 3.8) is 0 Å². The van der Waals surface area contributed by atoms with E-state index in [0.717, 1.165) is 31.5 Å². The number of carbonyl (C=O) groups is 1. The number of hydrogen-bond donors (Lipinski definition) is 1. The molecule has 28 heavy (non-hydrogen) atoms. The van der Waals surface area contributed by atoms with Crippen molar-refractivity contribution in [3.8, 4) is 0 Å². The topological polar surface area (TPSA) is 96.7 Å². The summed E-state index contributed by atoms with van der Waals surface area (Å²) in [6, 6.07) is 0.